The van der Waals surface area contributed by atoms with E-state index in [2.05, 4.69) is 9.97 Å². The number of rotatable bonds is 5. The lowest BCUT2D eigenvalue weighted by Crippen LogP contribution is -2.10. The summed E-state index contributed by atoms with van der Waals surface area (Å²) in [5.41, 5.74) is 1.96. The van der Waals surface area contributed by atoms with Crippen molar-refractivity contribution in [2.45, 2.75) is 20.0 Å². The number of nitro groups is 1. The van der Waals surface area contributed by atoms with Crippen LogP contribution in [-0.2, 0) is 4.74 Å². The molecule has 1 aromatic carbocycles. The van der Waals surface area contributed by atoms with Gasteiger partial charge in [-0.25, -0.2) is 9.78 Å². The zero-order valence-electron chi connectivity index (χ0n) is 14.1. The summed E-state index contributed by atoms with van der Waals surface area (Å²) in [5, 5.41) is 13.3. The molecule has 2 heterocycles. The van der Waals surface area contributed by atoms with Gasteiger partial charge < -0.3 is 4.74 Å². The van der Waals surface area contributed by atoms with Gasteiger partial charge >= 0.3 is 5.97 Å². The third-order valence-electron chi connectivity index (χ3n) is 3.78. The van der Waals surface area contributed by atoms with Crippen molar-refractivity contribution in [1.82, 2.24) is 9.97 Å². The highest BCUT2D eigenvalue weighted by Crippen LogP contribution is 2.27. The van der Waals surface area contributed by atoms with Crippen molar-refractivity contribution in [2.75, 3.05) is 0 Å². The van der Waals surface area contributed by atoms with E-state index >= 15 is 0 Å². The van der Waals surface area contributed by atoms with Crippen molar-refractivity contribution in [3.63, 3.8) is 0 Å². The number of nitrogens with zero attached hydrogens (tertiary/aromatic N) is 3. The molecule has 3 aromatic rings. The maximum atomic E-state index is 12.3. The number of ether oxygens (including phenoxy) is 1. The van der Waals surface area contributed by atoms with Crippen molar-refractivity contribution >= 4 is 23.0 Å². The van der Waals surface area contributed by atoms with Crippen LogP contribution in [-0.4, -0.2) is 20.9 Å². The highest BCUT2D eigenvalue weighted by Gasteiger charge is 2.20. The first-order chi connectivity index (χ1) is 12.5. The Morgan fingerprint density at radius 3 is 2.81 bits per heavy atom. The molecule has 8 heteroatoms. The van der Waals surface area contributed by atoms with E-state index in [0.717, 1.165) is 0 Å². The van der Waals surface area contributed by atoms with Gasteiger partial charge in [0.05, 0.1) is 10.6 Å². The molecular formula is C18H15N3O4S. The van der Waals surface area contributed by atoms with Crippen LogP contribution in [0.15, 0.2) is 48.0 Å². The molecule has 0 bridgehead atoms. The minimum atomic E-state index is -0.637. The third kappa shape index (κ3) is 3.75. The van der Waals surface area contributed by atoms with E-state index in [0.29, 0.717) is 21.8 Å². The normalized spacial score (nSPS) is 11.8. The van der Waals surface area contributed by atoms with Gasteiger partial charge in [0.15, 0.2) is 5.69 Å². The number of pyridine rings is 1. The van der Waals surface area contributed by atoms with Crippen molar-refractivity contribution in [3.05, 3.63) is 74.9 Å². The van der Waals surface area contributed by atoms with Crippen LogP contribution in [0.5, 0.6) is 0 Å². The van der Waals surface area contributed by atoms with Gasteiger partial charge in [0, 0.05) is 23.2 Å². The summed E-state index contributed by atoms with van der Waals surface area (Å²) < 4.78 is 5.41. The number of hydrogen-bond donors (Lipinski definition) is 0. The van der Waals surface area contributed by atoms with E-state index in [9.17, 15) is 14.9 Å². The smallest absolute Gasteiger partial charge is 0.358 e. The number of aryl methyl sites for hydroxylation is 1. The molecule has 26 heavy (non-hydrogen) atoms. The van der Waals surface area contributed by atoms with E-state index in [4.69, 9.17) is 4.74 Å². The van der Waals surface area contributed by atoms with E-state index in [1.54, 1.807) is 43.6 Å². The van der Waals surface area contributed by atoms with Crippen molar-refractivity contribution in [2.24, 2.45) is 0 Å². The predicted molar refractivity (Wildman–Crippen MR) is 97.0 cm³/mol. The number of thiazole rings is 1. The molecule has 0 radical (unpaired) electrons. The SMILES string of the molecule is Cc1ccc([C@H](C)OC(=O)c2csc(-c3ccccn3)n2)cc1[N+](=O)[O-]. The fourth-order valence-electron chi connectivity index (χ4n) is 2.34. The molecule has 0 amide bonds. The molecule has 7 nitrogen and oxygen atoms in total. The number of esters is 1. The topological polar surface area (TPSA) is 95.2 Å². The van der Waals surface area contributed by atoms with Crippen LogP contribution in [0.2, 0.25) is 0 Å². The lowest BCUT2D eigenvalue weighted by molar-refractivity contribution is -0.385. The van der Waals surface area contributed by atoms with Gasteiger partial charge in [0.2, 0.25) is 0 Å². The monoisotopic (exact) mass is 369 g/mol. The highest BCUT2D eigenvalue weighted by atomic mass is 32.1. The average Bonchev–Trinajstić information content (AvgIpc) is 3.13. The van der Waals surface area contributed by atoms with Crippen LogP contribution in [0.25, 0.3) is 10.7 Å². The fourth-order valence-corrected chi connectivity index (χ4v) is 3.10. The first-order valence-electron chi connectivity index (χ1n) is 7.78. The summed E-state index contributed by atoms with van der Waals surface area (Å²) in [4.78, 5) is 31.4. The largest absolute Gasteiger partial charge is 0.453 e. The van der Waals surface area contributed by atoms with Gasteiger partial charge in [-0.2, -0.15) is 0 Å². The molecule has 0 unspecified atom stereocenters. The molecule has 0 aliphatic carbocycles. The van der Waals surface area contributed by atoms with Crippen LogP contribution in [0.4, 0.5) is 5.69 Å². The number of aromatic nitrogens is 2. The Kier molecular flexibility index (Phi) is 5.04. The van der Waals surface area contributed by atoms with Crippen molar-refractivity contribution < 1.29 is 14.5 Å². The first kappa shape index (κ1) is 17.7. The van der Waals surface area contributed by atoms with E-state index in [-0.39, 0.29) is 11.4 Å². The molecule has 3 rings (SSSR count). The first-order valence-corrected chi connectivity index (χ1v) is 8.66. The van der Waals surface area contributed by atoms with Crippen LogP contribution in [0, 0.1) is 17.0 Å². The van der Waals surface area contributed by atoms with Gasteiger partial charge in [-0.1, -0.05) is 18.2 Å². The molecule has 0 aliphatic rings. The highest BCUT2D eigenvalue weighted by molar-refractivity contribution is 7.13. The number of carbonyl (C=O) groups excluding carboxylic acids is 1. The Balaban J connectivity index is 1.75. The van der Waals surface area contributed by atoms with Crippen LogP contribution >= 0.6 is 11.3 Å². The molecule has 0 saturated carbocycles. The lowest BCUT2D eigenvalue weighted by atomic mass is 10.1. The average molecular weight is 369 g/mol. The second-order valence-electron chi connectivity index (χ2n) is 5.60. The summed E-state index contributed by atoms with van der Waals surface area (Å²) in [6.45, 7) is 3.32. The van der Waals surface area contributed by atoms with Crippen LogP contribution in [0.1, 0.15) is 34.6 Å². The summed E-state index contributed by atoms with van der Waals surface area (Å²) in [7, 11) is 0. The number of hydrogen-bond acceptors (Lipinski definition) is 7. The van der Waals surface area contributed by atoms with Gasteiger partial charge in [0.25, 0.3) is 5.69 Å². The molecule has 132 valence electrons. The van der Waals surface area contributed by atoms with Crippen LogP contribution < -0.4 is 0 Å². The Morgan fingerprint density at radius 2 is 2.12 bits per heavy atom. The maximum absolute atomic E-state index is 12.3. The van der Waals surface area contributed by atoms with Gasteiger partial charge in [-0.05, 0) is 31.5 Å². The Morgan fingerprint density at radius 1 is 1.31 bits per heavy atom. The van der Waals surface area contributed by atoms with Gasteiger partial charge in [-0.3, -0.25) is 15.1 Å². The minimum Gasteiger partial charge on any atom is -0.453 e. The summed E-state index contributed by atoms with van der Waals surface area (Å²) in [6, 6.07) is 10.2. The number of carbonyl (C=O) groups is 1. The van der Waals surface area contributed by atoms with E-state index in [1.807, 2.05) is 12.1 Å². The second-order valence-corrected chi connectivity index (χ2v) is 6.46. The number of nitro benzene ring substituents is 1. The molecule has 0 saturated heterocycles. The van der Waals surface area contributed by atoms with Crippen molar-refractivity contribution in [1.29, 1.82) is 0 Å². The zero-order chi connectivity index (χ0) is 18.7. The van der Waals surface area contributed by atoms with Gasteiger partial charge in [0.1, 0.15) is 11.1 Å². The molecule has 0 fully saturated rings. The Labute approximate surface area is 153 Å². The minimum absolute atomic E-state index is 0.00324. The summed E-state index contributed by atoms with van der Waals surface area (Å²) >= 11 is 1.30. The van der Waals surface area contributed by atoms with E-state index in [1.165, 1.54) is 17.4 Å². The quantitative estimate of drug-likeness (QED) is 0.377. The molecule has 2 aromatic heterocycles. The molecule has 0 N–H and O–H groups in total. The fraction of sp³-hybridized carbons (Fsp3) is 0.167. The van der Waals surface area contributed by atoms with Crippen molar-refractivity contribution in [3.8, 4) is 10.7 Å². The van der Waals surface area contributed by atoms with Crippen LogP contribution in [0.3, 0.4) is 0 Å². The third-order valence-corrected chi connectivity index (χ3v) is 4.65. The molecule has 1 atom stereocenters. The predicted octanol–water partition coefficient (Wildman–Crippen LogP) is 4.34. The molecule has 0 spiro atoms. The Bertz CT molecular complexity index is 956. The standard InChI is InChI=1S/C18H15N3O4S/c1-11-6-7-13(9-16(11)21(23)24)12(2)25-18(22)15-10-26-17(20-15)14-5-3-4-8-19-14/h3-10,12H,1-2H3/t12-/m0/s1. The zero-order valence-corrected chi connectivity index (χ0v) is 14.9. The summed E-state index contributed by atoms with van der Waals surface area (Å²) in [5.74, 6) is -0.584. The summed E-state index contributed by atoms with van der Waals surface area (Å²) in [6.07, 6.45) is 1.02. The number of benzene rings is 1. The van der Waals surface area contributed by atoms with E-state index < -0.39 is 17.0 Å². The maximum Gasteiger partial charge on any atom is 0.358 e. The molecule has 0 aliphatic heterocycles. The lowest BCUT2D eigenvalue weighted by Gasteiger charge is -2.13. The Hall–Kier alpha value is -3.13. The van der Waals surface area contributed by atoms with Gasteiger partial charge in [-0.15, -0.1) is 11.3 Å². The second kappa shape index (κ2) is 7.40. The molecular weight excluding hydrogens is 354 g/mol.